The molecule has 2 N–H and O–H groups in total. The zero-order chi connectivity index (χ0) is 95.1. The first-order valence-electron chi connectivity index (χ1n) is 47.6. The first kappa shape index (κ1) is 99.9. The second-order valence-electron chi connectivity index (χ2n) is 41.1. The average molecular weight is 1880 g/mol. The molecule has 9 aromatic carbocycles. The number of hydrogen-bond acceptors (Lipinski definition) is 11. The Labute approximate surface area is 791 Å². The Morgan fingerprint density at radius 1 is 0.406 bits per heavy atom. The normalized spacial score (nSPS) is 29.3. The molecule has 8 bridgehead atoms. The summed E-state index contributed by atoms with van der Waals surface area (Å²) in [5.41, 5.74) is -4.15. The van der Waals surface area contributed by atoms with E-state index in [2.05, 4.69) is 287 Å². The molecule has 0 amide bonds. The molecule has 706 valence electrons. The van der Waals surface area contributed by atoms with E-state index in [1.807, 2.05) is 13.8 Å². The van der Waals surface area contributed by atoms with Gasteiger partial charge in [0, 0.05) is 70.6 Å². The molecule has 0 radical (unpaired) electrons. The number of ether oxygens (including phenoxy) is 3. The Bertz CT molecular complexity index is 4790. The molecule has 12 aliphatic rings. The highest BCUT2D eigenvalue weighted by Gasteiger charge is 2.69. The van der Waals surface area contributed by atoms with E-state index >= 15 is 0 Å². The van der Waals surface area contributed by atoms with Crippen LogP contribution in [0.25, 0.3) is 0 Å². The van der Waals surface area contributed by atoms with Crippen molar-refractivity contribution in [3.63, 3.8) is 0 Å². The fraction of sp³-hybridized carbons (Fsp3) is 0.469. The minimum absolute atomic E-state index is 0.00476. The number of benzene rings is 9. The van der Waals surface area contributed by atoms with Crippen LogP contribution in [0.1, 0.15) is 204 Å². The summed E-state index contributed by atoms with van der Waals surface area (Å²) in [6.07, 6.45) is 8.86. The first-order chi connectivity index (χ1) is 63.1. The molecule has 133 heavy (non-hydrogen) atoms. The molecule has 15 atom stereocenters. The van der Waals surface area contributed by atoms with Gasteiger partial charge >= 0.3 is 17.9 Å². The SMILES string of the molecule is CC(CCC(=O)OC(C)C(C)(F)F)[C@H]1CC[C@H]2[C@@H]3C(=O)C[C@@H]4CC(=O)CC[C@]4(C)[C@H]3CC(=O)[C@]12C.CC(OC(=O)C12CC3CC(CC(C)(C3)C1)C2)C(C)(F)F.CC(OC(=O)C12CC3CC(O)(CC(O)(C3)C1)C2)C(C)(F)F.c1ccc([S+](c2ccccc2)c2ccccc2)cc1.c1ccc([S+](c2ccccc2)c2ccccc2)cc1.c1ccc([S+](c2ccccc2)c2ccccc2)cc1. The van der Waals surface area contributed by atoms with E-state index in [1.54, 1.807) is 0 Å². The van der Waals surface area contributed by atoms with Gasteiger partial charge in [0.1, 0.15) is 17.3 Å². The van der Waals surface area contributed by atoms with Gasteiger partial charge < -0.3 is 24.4 Å². The maximum Gasteiger partial charge on any atom is 0.312 e. The van der Waals surface area contributed by atoms with E-state index in [9.17, 15) is 65.3 Å². The molecule has 20 heteroatoms. The van der Waals surface area contributed by atoms with E-state index in [1.165, 1.54) is 84.1 Å². The molecule has 0 heterocycles. The number of aliphatic hydroxyl groups is 2. The maximum absolute atomic E-state index is 13.8. The highest BCUT2D eigenvalue weighted by Crippen LogP contribution is 2.69. The van der Waals surface area contributed by atoms with E-state index in [0.717, 1.165) is 52.4 Å². The van der Waals surface area contributed by atoms with Crippen LogP contribution in [0.2, 0.25) is 0 Å². The molecule has 12 saturated carbocycles. The van der Waals surface area contributed by atoms with Crippen molar-refractivity contribution < 1.29 is 79.5 Å². The summed E-state index contributed by atoms with van der Waals surface area (Å²) in [4.78, 5) is 88.8. The minimum Gasteiger partial charge on any atom is -0.456 e. The van der Waals surface area contributed by atoms with Gasteiger partial charge in [-0.2, -0.15) is 0 Å². The Morgan fingerprint density at radius 2 is 0.737 bits per heavy atom. The van der Waals surface area contributed by atoms with Crippen molar-refractivity contribution in [3.05, 3.63) is 273 Å². The van der Waals surface area contributed by atoms with Gasteiger partial charge in [-0.25, -0.2) is 26.3 Å². The lowest BCUT2D eigenvalue weighted by atomic mass is 9.44. The molecule has 0 aromatic heterocycles. The molecule has 11 nitrogen and oxygen atoms in total. The van der Waals surface area contributed by atoms with Crippen LogP contribution in [0.15, 0.2) is 317 Å². The molecule has 8 unspecified atom stereocenters. The topological polar surface area (TPSA) is 171 Å². The molecular weight excluding hydrogens is 1740 g/mol. The minimum atomic E-state index is -3.11. The summed E-state index contributed by atoms with van der Waals surface area (Å²) in [5.74, 6) is -8.98. The predicted molar refractivity (Wildman–Crippen MR) is 511 cm³/mol. The molecule has 12 aliphatic carbocycles. The van der Waals surface area contributed by atoms with Crippen LogP contribution in [-0.2, 0) is 75.7 Å². The van der Waals surface area contributed by atoms with Crippen molar-refractivity contribution >= 4 is 67.9 Å². The van der Waals surface area contributed by atoms with Crippen LogP contribution in [0.4, 0.5) is 26.3 Å². The summed E-state index contributed by atoms with van der Waals surface area (Å²) in [6, 6.07) is 96.5. The number of carbonyl (C=O) groups excluding carboxylic acids is 6. The summed E-state index contributed by atoms with van der Waals surface area (Å²) < 4.78 is 94.7. The van der Waals surface area contributed by atoms with E-state index < -0.39 is 75.5 Å². The Morgan fingerprint density at radius 3 is 1.07 bits per heavy atom. The van der Waals surface area contributed by atoms with Crippen LogP contribution >= 0.6 is 0 Å². The lowest BCUT2D eigenvalue weighted by molar-refractivity contribution is -0.243. The highest BCUT2D eigenvalue weighted by atomic mass is 32.2. The zero-order valence-electron chi connectivity index (χ0n) is 78.3. The number of fused-ring (bicyclic) bond motifs is 5. The third kappa shape index (κ3) is 23.3. The monoisotopic (exact) mass is 1870 g/mol. The van der Waals surface area contributed by atoms with Gasteiger partial charge in [-0.15, -0.1) is 0 Å². The number of ketones is 3. The Kier molecular flexibility index (Phi) is 31.2. The summed E-state index contributed by atoms with van der Waals surface area (Å²) in [5, 5.41) is 21.1. The van der Waals surface area contributed by atoms with Crippen molar-refractivity contribution in [2.24, 2.45) is 80.3 Å². The van der Waals surface area contributed by atoms with E-state index in [0.29, 0.717) is 70.1 Å². The smallest absolute Gasteiger partial charge is 0.312 e. The van der Waals surface area contributed by atoms with Crippen LogP contribution in [0, 0.1) is 80.3 Å². The third-order valence-corrected chi connectivity index (χ3v) is 37.5. The molecule has 0 saturated heterocycles. The summed E-state index contributed by atoms with van der Waals surface area (Å²) in [7, 11) is -0.0439. The number of rotatable bonds is 21. The lowest BCUT2D eigenvalue weighted by Gasteiger charge is -2.62. The number of esters is 3. The van der Waals surface area contributed by atoms with Crippen LogP contribution in [0.5, 0.6) is 0 Å². The maximum atomic E-state index is 13.8. The Hall–Kier alpha value is -9.05. The summed E-state index contributed by atoms with van der Waals surface area (Å²) in [6.45, 7) is 14.4. The van der Waals surface area contributed by atoms with E-state index in [4.69, 9.17) is 14.2 Å². The fourth-order valence-corrected chi connectivity index (χ4v) is 31.1. The van der Waals surface area contributed by atoms with Gasteiger partial charge in [0.15, 0.2) is 62.4 Å². The average Bonchev–Trinajstić information content (AvgIpc) is 1.65. The molecule has 12 fully saturated rings. The second-order valence-corrected chi connectivity index (χ2v) is 47.2. The number of carbonyl (C=O) groups is 6. The highest BCUT2D eigenvalue weighted by molar-refractivity contribution is 7.97. The zero-order valence-corrected chi connectivity index (χ0v) is 80.8. The Balaban J connectivity index is 0.000000130. The molecule has 0 aliphatic heterocycles. The number of Topliss-reactive ketones (excluding diaryl/α,β-unsaturated/α-hetero) is 3. The third-order valence-electron chi connectivity index (χ3n) is 30.8. The van der Waals surface area contributed by atoms with Gasteiger partial charge in [0.25, 0.3) is 17.8 Å². The fourth-order valence-electron chi connectivity index (χ4n) is 24.8. The van der Waals surface area contributed by atoms with Gasteiger partial charge in [0.05, 0.1) is 54.7 Å². The molecule has 0 spiro atoms. The van der Waals surface area contributed by atoms with Gasteiger partial charge in [0.2, 0.25) is 0 Å². The van der Waals surface area contributed by atoms with Crippen molar-refractivity contribution in [1.29, 1.82) is 0 Å². The number of alkyl halides is 6. The predicted octanol–water partition coefficient (Wildman–Crippen LogP) is 26.1. The largest absolute Gasteiger partial charge is 0.456 e. The van der Waals surface area contributed by atoms with Gasteiger partial charge in [-0.3, -0.25) is 28.8 Å². The lowest BCUT2D eigenvalue weighted by Crippen LogP contribution is -2.65. The molecular formula is C113H131F6O11S3+3. The number of hydrogen-bond donors (Lipinski definition) is 2. The van der Waals surface area contributed by atoms with Gasteiger partial charge in [-0.1, -0.05) is 191 Å². The molecule has 21 rings (SSSR count). The van der Waals surface area contributed by atoms with Gasteiger partial charge in [-0.05, 0) is 284 Å². The quantitative estimate of drug-likeness (QED) is 0.0304. The van der Waals surface area contributed by atoms with Crippen molar-refractivity contribution in [1.82, 2.24) is 0 Å². The van der Waals surface area contributed by atoms with Crippen molar-refractivity contribution in [3.8, 4) is 0 Å². The standard InChI is InChI=1S/C28H40F2O5.3C18H15S.C16H24F2O2.C15H22F2O4/c1-15(6-9-24(34)35-16(2)28(5,29)30)19-7-8-20-25-21(14-23(33)27(19,20)4)26(3)11-10-18(31)12-17(26)13-22(25)32;3*1-4-10-16(11-5-1)19(17-12-6-2-7-13-17)18-14-8-3-9-15-18;1-10(15(3,17)18)20-13(19)16-7-11-4-12(8-16)6-14(2,5-11)9-16;1-9(12(2,16)17)21-11(18)13-3-10-4-14(19,6-13)8-15(20,5-10)7-13/h15-17,19-21,25H,6-14H2,1-5H3;3*1-15H;10-12H,4-9H2,1-3H3;9-10,19-20H,3-8H2,1-2H3/q;3*+1;;/t15?,16?,17-,19+,20-,21-,25-,26-,27+;;;;;/m0...../s1. The number of halogens is 6. The van der Waals surface area contributed by atoms with Crippen LogP contribution in [0.3, 0.4) is 0 Å². The van der Waals surface area contributed by atoms with E-state index in [-0.39, 0.29) is 134 Å². The van der Waals surface area contributed by atoms with Crippen LogP contribution < -0.4 is 0 Å². The first-order valence-corrected chi connectivity index (χ1v) is 51.2. The molecule has 9 aromatic rings. The van der Waals surface area contributed by atoms with Crippen LogP contribution in [-0.4, -0.2) is 92.8 Å². The second kappa shape index (κ2) is 41.5. The van der Waals surface area contributed by atoms with Crippen molar-refractivity contribution in [2.75, 3.05) is 0 Å². The summed E-state index contributed by atoms with van der Waals surface area (Å²) >= 11 is 0. The van der Waals surface area contributed by atoms with Crippen molar-refractivity contribution in [2.45, 2.75) is 295 Å².